The molecule has 29 heteroatoms. The Balaban J connectivity index is 0.000000189. The molecule has 10 rings (SSSR count). The SMILES string of the molecule is CCCCOc1cc(C(=O)NCCN(CC)CC)c2ccccc2n1.C[C@]12CCC(=O)C=C1CC[C@@H]1[C@@H]2[C@@H](O)C[C@@]2(C)[C@H]1CC[C@]2(O)C(=O)CO.NC[C@@H]1O[C@H](O[C@H]2[C@@H](O)[C@H](O[C@@H]3[C@@H](O)[C@H](N)C[C@H](N)[C@H]3O[C@H]3O[C@H](CN)[C@@H](O)[C@H](O)[C@H]3N)O[C@@H]2CO)[C@H](N)[C@@H](O)[C@@H]1O. The number of Topliss-reactive ketones (excluding diaryl/α,β-unsaturated/α-hetero) is 1. The van der Waals surface area contributed by atoms with Gasteiger partial charge in [-0.15, -0.1) is 0 Å². The third-order valence-electron chi connectivity index (χ3n) is 21.3. The fourth-order valence-electron chi connectivity index (χ4n) is 15.7. The number of aromatic nitrogens is 1. The number of aliphatic hydroxyl groups is 10. The molecule has 0 bridgehead atoms. The number of nitrogens with two attached hydrogens (primary N) is 6. The topological polar surface area (TPSA) is 502 Å². The second-order valence-corrected chi connectivity index (χ2v) is 26.8. The number of carbonyl (C=O) groups is 3. The van der Waals surface area contributed by atoms with Crippen molar-refractivity contribution in [3.63, 3.8) is 0 Å². The van der Waals surface area contributed by atoms with Crippen LogP contribution in [0, 0.1) is 28.6 Å². The Morgan fingerprint density at radius 1 is 0.753 bits per heavy atom. The first-order chi connectivity index (χ1) is 44.2. The highest BCUT2D eigenvalue weighted by atomic mass is 16.8. The van der Waals surface area contributed by atoms with E-state index >= 15 is 0 Å². The van der Waals surface area contributed by atoms with Gasteiger partial charge in [-0.3, -0.25) is 14.4 Å². The molecule has 5 aliphatic carbocycles. The second-order valence-electron chi connectivity index (χ2n) is 26.8. The number of fused-ring (bicyclic) bond motifs is 6. The fourth-order valence-corrected chi connectivity index (χ4v) is 15.7. The summed E-state index contributed by atoms with van der Waals surface area (Å²) in [4.78, 5) is 43.7. The molecule has 26 atom stereocenters. The van der Waals surface area contributed by atoms with Gasteiger partial charge in [-0.25, -0.2) is 4.98 Å². The van der Waals surface area contributed by atoms with Crippen molar-refractivity contribution in [3.8, 4) is 5.88 Å². The van der Waals surface area contributed by atoms with E-state index in [1.165, 1.54) is 5.57 Å². The van der Waals surface area contributed by atoms with Gasteiger partial charge < -0.3 is 129 Å². The van der Waals surface area contributed by atoms with E-state index in [1.54, 1.807) is 12.1 Å². The Morgan fingerprint density at radius 2 is 1.37 bits per heavy atom. The largest absolute Gasteiger partial charge is 0.478 e. The summed E-state index contributed by atoms with van der Waals surface area (Å²) in [5.74, 6) is 0.577. The summed E-state index contributed by atoms with van der Waals surface area (Å²) in [6, 6.07) is 5.26. The molecule has 1 amide bonds. The number of aliphatic hydroxyl groups excluding tert-OH is 9. The van der Waals surface area contributed by atoms with E-state index in [2.05, 4.69) is 42.9 Å². The Morgan fingerprint density at radius 3 is 1.97 bits per heavy atom. The molecule has 7 fully saturated rings. The Kier molecular flexibility index (Phi) is 25.9. The van der Waals surface area contributed by atoms with Gasteiger partial charge in [-0.05, 0) is 99.8 Å². The Labute approximate surface area is 542 Å². The number of carbonyl (C=O) groups excluding carboxylic acids is 3. The predicted octanol–water partition coefficient (Wildman–Crippen LogP) is -3.63. The summed E-state index contributed by atoms with van der Waals surface area (Å²) in [6.45, 7) is 12.9. The van der Waals surface area contributed by atoms with Gasteiger partial charge in [0.15, 0.2) is 30.4 Å². The molecular formula is C64H105N9O20. The number of allylic oxidation sites excluding steroid dienone is 1. The number of rotatable bonds is 21. The number of benzene rings is 1. The van der Waals surface area contributed by atoms with E-state index in [1.807, 2.05) is 31.2 Å². The average molecular weight is 1320 g/mol. The highest BCUT2D eigenvalue weighted by Crippen LogP contribution is 2.67. The number of amides is 1. The number of para-hydroxylation sites is 1. The molecule has 0 radical (unpaired) electrons. The summed E-state index contributed by atoms with van der Waals surface area (Å²) in [7, 11) is 0. The molecular weight excluding hydrogens is 1210 g/mol. The molecule has 4 heterocycles. The Hall–Kier alpha value is -3.94. The van der Waals surface area contributed by atoms with Crippen LogP contribution in [0.2, 0.25) is 0 Å². The average Bonchev–Trinajstić information content (AvgIpc) is 1.64. The standard InChI is InChI=1S/C23H46N6O13.C21H30O5.C20H29N3O2/c24-2-7-13(32)15(34)10(28)21(37-7)40-18-6(27)1-5(26)12(31)20(18)42-23-17(36)19(9(4-30)39-23)41-22-11(29)16(35)14(33)8(3-25)38-22;1-19-7-5-13(23)9-12(19)3-4-14-15-6-8-21(26,17(25)11-22)20(15,2)10-16(24)18(14)19;1-4-7-14-25-19-15-17(16-10-8-9-11-18(16)22-19)20(24)21-12-13-23(5-2)6-3/h5-23,30-36H,1-4,24-29H2;9,14-16,18,22,24,26H,3-8,10-11H2,1-2H3;8-11,15H,4-7,12-14H2,1-3H3,(H,21,24)/t5-,6+,7-,8+,9-,10-,11-,12+,13-,14-,15-,16-,17-,18-,19-,20-,21-,22-,23+;14-,15-,16-,18+,19-,20-,21-;/m10./s1. The van der Waals surface area contributed by atoms with Crippen molar-refractivity contribution in [2.75, 3.05) is 59.1 Å². The van der Waals surface area contributed by atoms with Crippen LogP contribution in [-0.2, 0) is 38.0 Å². The summed E-state index contributed by atoms with van der Waals surface area (Å²) in [5.41, 5.74) is 35.8. The number of unbranched alkanes of at least 4 members (excludes halogenated alkanes) is 1. The zero-order valence-corrected chi connectivity index (χ0v) is 54.1. The van der Waals surface area contributed by atoms with Crippen molar-refractivity contribution in [2.24, 2.45) is 63.0 Å². The third kappa shape index (κ3) is 15.5. The lowest BCUT2D eigenvalue weighted by molar-refractivity contribution is -0.306. The minimum absolute atomic E-state index is 0.0697. The first-order valence-corrected chi connectivity index (χ1v) is 33.1. The van der Waals surface area contributed by atoms with Crippen molar-refractivity contribution >= 4 is 28.4 Å². The van der Waals surface area contributed by atoms with E-state index in [9.17, 15) is 65.4 Å². The third-order valence-corrected chi connectivity index (χ3v) is 21.3. The molecule has 4 saturated carbocycles. The molecule has 0 unspecified atom stereocenters. The number of hydrogen-bond donors (Lipinski definition) is 17. The van der Waals surface area contributed by atoms with E-state index < -0.39 is 152 Å². The number of ether oxygens (including phenoxy) is 7. The zero-order chi connectivity index (χ0) is 68.0. The van der Waals surface area contributed by atoms with Crippen LogP contribution in [0.15, 0.2) is 42.0 Å². The van der Waals surface area contributed by atoms with Gasteiger partial charge in [0.05, 0.1) is 48.6 Å². The van der Waals surface area contributed by atoms with E-state index in [-0.39, 0.29) is 54.4 Å². The van der Waals surface area contributed by atoms with E-state index in [0.717, 1.165) is 69.1 Å². The number of likely N-dealkylation sites (N-methyl/N-ethyl adjacent to an activating group) is 1. The molecule has 1 aromatic heterocycles. The van der Waals surface area contributed by atoms with Gasteiger partial charge in [-0.1, -0.05) is 64.8 Å². The fraction of sp³-hybridized carbons (Fsp3) is 0.781. The van der Waals surface area contributed by atoms with Crippen LogP contribution >= 0.6 is 0 Å². The minimum Gasteiger partial charge on any atom is -0.478 e. The lowest BCUT2D eigenvalue weighted by Gasteiger charge is -2.60. The van der Waals surface area contributed by atoms with Crippen LogP contribution < -0.4 is 44.5 Å². The van der Waals surface area contributed by atoms with Gasteiger partial charge in [-0.2, -0.15) is 0 Å². The molecule has 2 aromatic rings. The van der Waals surface area contributed by atoms with Crippen molar-refractivity contribution < 1.29 is 98.6 Å². The van der Waals surface area contributed by atoms with Crippen LogP contribution in [0.4, 0.5) is 0 Å². The monoisotopic (exact) mass is 1320 g/mol. The minimum atomic E-state index is -1.60. The Bertz CT molecular complexity index is 2830. The zero-order valence-electron chi connectivity index (χ0n) is 54.1. The van der Waals surface area contributed by atoms with Crippen molar-refractivity contribution in [2.45, 2.75) is 227 Å². The van der Waals surface area contributed by atoms with Crippen LogP contribution in [0.5, 0.6) is 5.88 Å². The molecule has 93 heavy (non-hydrogen) atoms. The maximum Gasteiger partial charge on any atom is 0.252 e. The molecule has 3 saturated heterocycles. The quantitative estimate of drug-likeness (QED) is 0.0536. The van der Waals surface area contributed by atoms with Gasteiger partial charge in [0, 0.05) is 61.6 Å². The molecule has 3 aliphatic heterocycles. The van der Waals surface area contributed by atoms with Gasteiger partial charge in [0.2, 0.25) is 5.88 Å². The normalized spacial score (nSPS) is 41.4. The van der Waals surface area contributed by atoms with Crippen molar-refractivity contribution in [3.05, 3.63) is 47.5 Å². The number of nitrogens with one attached hydrogen (secondary N) is 1. The summed E-state index contributed by atoms with van der Waals surface area (Å²) >= 11 is 0. The summed E-state index contributed by atoms with van der Waals surface area (Å²) < 4.78 is 40.4. The van der Waals surface area contributed by atoms with Crippen LogP contribution in [0.3, 0.4) is 0 Å². The maximum absolute atomic E-state index is 12.7. The number of hydrogen-bond acceptors (Lipinski definition) is 28. The first kappa shape index (κ1) is 74.8. The van der Waals surface area contributed by atoms with Crippen molar-refractivity contribution in [1.82, 2.24) is 15.2 Å². The van der Waals surface area contributed by atoms with Crippen LogP contribution in [0.1, 0.15) is 109 Å². The highest BCUT2D eigenvalue weighted by molar-refractivity contribution is 6.06. The van der Waals surface area contributed by atoms with Gasteiger partial charge in [0.1, 0.15) is 79.4 Å². The lowest BCUT2D eigenvalue weighted by Crippen LogP contribution is -2.68. The molecule has 1 aromatic carbocycles. The molecule has 526 valence electrons. The second kappa shape index (κ2) is 32.2. The lowest BCUT2D eigenvalue weighted by atomic mass is 9.45. The first-order valence-electron chi connectivity index (χ1n) is 33.1. The van der Waals surface area contributed by atoms with Crippen LogP contribution in [-0.4, -0.2) is 266 Å². The number of pyridine rings is 1. The van der Waals surface area contributed by atoms with E-state index in [4.69, 9.17) is 67.6 Å². The highest BCUT2D eigenvalue weighted by Gasteiger charge is 2.68. The molecule has 8 aliphatic rings. The predicted molar refractivity (Wildman–Crippen MR) is 336 cm³/mol. The number of ketones is 2. The number of nitrogens with zero attached hydrogens (tertiary/aromatic N) is 2. The van der Waals surface area contributed by atoms with Gasteiger partial charge >= 0.3 is 0 Å². The molecule has 29 nitrogen and oxygen atoms in total. The van der Waals surface area contributed by atoms with E-state index in [0.29, 0.717) is 43.9 Å². The summed E-state index contributed by atoms with van der Waals surface area (Å²) in [5, 5.41) is 109. The molecule has 0 spiro atoms. The van der Waals surface area contributed by atoms with Crippen molar-refractivity contribution in [1.29, 1.82) is 0 Å². The maximum atomic E-state index is 12.7. The smallest absolute Gasteiger partial charge is 0.252 e. The van der Waals surface area contributed by atoms with Gasteiger partial charge in [0.25, 0.3) is 5.91 Å². The van der Waals surface area contributed by atoms with Crippen LogP contribution in [0.25, 0.3) is 10.9 Å². The summed E-state index contributed by atoms with van der Waals surface area (Å²) in [6.07, 6.45) is -12.0. The molecule has 23 N–H and O–H groups in total.